The third-order valence-corrected chi connectivity index (χ3v) is 0.734. The molecular weight excluding hydrogens is 100 g/mol. The summed E-state index contributed by atoms with van der Waals surface area (Å²) in [5, 5.41) is 0. The summed E-state index contributed by atoms with van der Waals surface area (Å²) in [4.78, 5) is 9.94. The fourth-order valence-electron chi connectivity index (χ4n) is 0.317. The Hall–Kier alpha value is -1.07. The van der Waals surface area contributed by atoms with Crippen LogP contribution in [-0.2, 0) is 4.79 Å². The van der Waals surface area contributed by atoms with E-state index >= 15 is 0 Å². The van der Waals surface area contributed by atoms with Crippen LogP contribution in [0.5, 0.6) is 0 Å². The van der Waals surface area contributed by atoms with Crippen molar-refractivity contribution in [2.75, 3.05) is 0 Å². The molecule has 0 heterocycles. The average Bonchev–Trinajstić information content (AvgIpc) is 1.83. The van der Waals surface area contributed by atoms with Crippen molar-refractivity contribution < 1.29 is 4.79 Å². The lowest BCUT2D eigenvalue weighted by Crippen LogP contribution is -1.76. The van der Waals surface area contributed by atoms with E-state index in [1.165, 1.54) is 0 Å². The van der Waals surface area contributed by atoms with Crippen LogP contribution < -0.4 is 0 Å². The second kappa shape index (κ2) is 4.10. The summed E-state index contributed by atoms with van der Waals surface area (Å²) in [6, 6.07) is 0. The Bertz CT molecular complexity index is 138. The van der Waals surface area contributed by atoms with Crippen molar-refractivity contribution in [3.8, 4) is 0 Å². The van der Waals surface area contributed by atoms with Gasteiger partial charge in [0.2, 0.25) is 0 Å². The molecule has 0 atom stereocenters. The fraction of sp³-hybridized carbons (Fsp3) is 0.143. The quantitative estimate of drug-likeness (QED) is 0.231. The predicted octanol–water partition coefficient (Wildman–Crippen LogP) is 1.47. The van der Waals surface area contributed by atoms with E-state index in [9.17, 15) is 4.79 Å². The molecule has 0 saturated heterocycles. The maximum absolute atomic E-state index is 9.94. The summed E-state index contributed by atoms with van der Waals surface area (Å²) < 4.78 is 0. The van der Waals surface area contributed by atoms with E-state index < -0.39 is 0 Å². The molecule has 0 fully saturated rings. The van der Waals surface area contributed by atoms with Gasteiger partial charge >= 0.3 is 0 Å². The van der Waals surface area contributed by atoms with Crippen LogP contribution in [0.25, 0.3) is 0 Å². The molecule has 8 heavy (non-hydrogen) atoms. The van der Waals surface area contributed by atoms with Gasteiger partial charge < -0.3 is 0 Å². The van der Waals surface area contributed by atoms with Gasteiger partial charge in [0.05, 0.1) is 0 Å². The van der Waals surface area contributed by atoms with Crippen molar-refractivity contribution in [1.82, 2.24) is 0 Å². The first-order valence-electron chi connectivity index (χ1n) is 2.30. The summed E-state index contributed by atoms with van der Waals surface area (Å²) in [7, 11) is 0. The van der Waals surface area contributed by atoms with E-state index in [0.29, 0.717) is 12.0 Å². The van der Waals surface area contributed by atoms with E-state index in [1.54, 1.807) is 6.08 Å². The maximum Gasteiger partial charge on any atom is 0.154 e. The van der Waals surface area contributed by atoms with Crippen molar-refractivity contribution in [1.29, 1.82) is 0 Å². The first-order chi connectivity index (χ1) is 3.85. The van der Waals surface area contributed by atoms with E-state index in [-0.39, 0.29) is 0 Å². The molecule has 0 rings (SSSR count). The number of aldehydes is 1. The number of rotatable bonds is 3. The van der Waals surface area contributed by atoms with Gasteiger partial charge in [0.15, 0.2) is 6.29 Å². The van der Waals surface area contributed by atoms with E-state index in [1.807, 2.05) is 0 Å². The molecule has 42 valence electrons. The van der Waals surface area contributed by atoms with Crippen LogP contribution in [0.15, 0.2) is 30.5 Å². The molecule has 0 spiro atoms. The first kappa shape index (κ1) is 6.93. The molecule has 1 nitrogen and oxygen atoms in total. The molecule has 0 aromatic carbocycles. The van der Waals surface area contributed by atoms with Crippen LogP contribution in [0.3, 0.4) is 0 Å². The Balaban J connectivity index is 3.91. The highest BCUT2D eigenvalue weighted by Crippen LogP contribution is 1.92. The third kappa shape index (κ3) is 2.17. The Kier molecular flexibility index (Phi) is 3.55. The van der Waals surface area contributed by atoms with Gasteiger partial charge in [0.1, 0.15) is 0 Å². The van der Waals surface area contributed by atoms with Gasteiger partial charge in [-0.2, -0.15) is 0 Å². The molecule has 0 unspecified atom stereocenters. The number of carbonyl (C=O) groups is 1. The molecule has 0 aliphatic heterocycles. The lowest BCUT2D eigenvalue weighted by atomic mass is 10.2. The van der Waals surface area contributed by atoms with Gasteiger partial charge in [-0.1, -0.05) is 12.7 Å². The van der Waals surface area contributed by atoms with Crippen molar-refractivity contribution in [2.24, 2.45) is 0 Å². The molecule has 0 aromatic heterocycles. The van der Waals surface area contributed by atoms with E-state index in [2.05, 4.69) is 18.9 Å². The van der Waals surface area contributed by atoms with E-state index in [0.717, 1.165) is 6.29 Å². The standard InChI is InChI=1S/C7H8O/c1-3-5-7(4-2)6-8/h3,6H,1-2,5H2. The number of hydrogen-bond donors (Lipinski definition) is 0. The van der Waals surface area contributed by atoms with Crippen molar-refractivity contribution in [3.05, 3.63) is 30.5 Å². The molecule has 0 saturated carbocycles. The molecule has 0 amide bonds. The summed E-state index contributed by atoms with van der Waals surface area (Å²) in [5.74, 6) is 0. The second-order valence-electron chi connectivity index (χ2n) is 1.31. The zero-order valence-corrected chi connectivity index (χ0v) is 4.68. The van der Waals surface area contributed by atoms with Crippen molar-refractivity contribution in [3.63, 3.8) is 0 Å². The van der Waals surface area contributed by atoms with Crippen LogP contribution >= 0.6 is 0 Å². The molecule has 0 aliphatic rings. The molecule has 0 N–H and O–H groups in total. The minimum absolute atomic E-state index is 0.556. The smallest absolute Gasteiger partial charge is 0.154 e. The summed E-state index contributed by atoms with van der Waals surface area (Å²) in [5.41, 5.74) is 3.04. The normalized spacial score (nSPS) is 7.00. The number of allylic oxidation sites excluding steroid dienone is 2. The molecule has 0 aromatic rings. The van der Waals surface area contributed by atoms with Gasteiger partial charge in [-0.05, 0) is 0 Å². The minimum atomic E-state index is 0.556. The minimum Gasteiger partial charge on any atom is -0.298 e. The topological polar surface area (TPSA) is 17.1 Å². The summed E-state index contributed by atoms with van der Waals surface area (Å²) in [6.45, 7) is 6.76. The Morgan fingerprint density at radius 1 is 1.75 bits per heavy atom. The van der Waals surface area contributed by atoms with Crippen LogP contribution in [0.4, 0.5) is 0 Å². The highest BCUT2D eigenvalue weighted by atomic mass is 16.1. The summed E-state index contributed by atoms with van der Waals surface area (Å²) in [6.07, 6.45) is 2.93. The molecule has 0 bridgehead atoms. The zero-order chi connectivity index (χ0) is 6.41. The van der Waals surface area contributed by atoms with Crippen LogP contribution in [0, 0.1) is 0 Å². The Labute approximate surface area is 49.0 Å². The molecular formula is C7H8O. The maximum atomic E-state index is 9.94. The highest BCUT2D eigenvalue weighted by molar-refractivity contribution is 5.72. The second-order valence-corrected chi connectivity index (χ2v) is 1.31. The molecule has 1 heteroatoms. The zero-order valence-electron chi connectivity index (χ0n) is 4.68. The first-order valence-corrected chi connectivity index (χ1v) is 2.30. The lowest BCUT2D eigenvalue weighted by molar-refractivity contribution is -0.104. The van der Waals surface area contributed by atoms with Crippen LogP contribution in [-0.4, -0.2) is 6.29 Å². The Morgan fingerprint density at radius 3 is 2.50 bits per heavy atom. The molecule has 0 aliphatic carbocycles. The average molecular weight is 108 g/mol. The fourth-order valence-corrected chi connectivity index (χ4v) is 0.317. The third-order valence-electron chi connectivity index (χ3n) is 0.734. The highest BCUT2D eigenvalue weighted by Gasteiger charge is 1.84. The summed E-state index contributed by atoms with van der Waals surface area (Å²) >= 11 is 0. The van der Waals surface area contributed by atoms with Gasteiger partial charge in [0, 0.05) is 12.0 Å². The van der Waals surface area contributed by atoms with E-state index in [4.69, 9.17) is 0 Å². The van der Waals surface area contributed by atoms with Crippen LogP contribution in [0.1, 0.15) is 6.42 Å². The largest absolute Gasteiger partial charge is 0.298 e. The lowest BCUT2D eigenvalue weighted by Gasteiger charge is -1.82. The van der Waals surface area contributed by atoms with Gasteiger partial charge in [0.25, 0.3) is 0 Å². The van der Waals surface area contributed by atoms with Gasteiger partial charge in [-0.3, -0.25) is 4.79 Å². The number of carbonyl (C=O) groups excluding carboxylic acids is 1. The van der Waals surface area contributed by atoms with Crippen molar-refractivity contribution >= 4 is 6.29 Å². The Morgan fingerprint density at radius 2 is 2.38 bits per heavy atom. The van der Waals surface area contributed by atoms with Crippen LogP contribution in [0.2, 0.25) is 0 Å². The SMILES string of the molecule is C=C=C(C=O)CC=C. The van der Waals surface area contributed by atoms with Crippen molar-refractivity contribution in [2.45, 2.75) is 6.42 Å². The number of hydrogen-bond acceptors (Lipinski definition) is 1. The van der Waals surface area contributed by atoms with Gasteiger partial charge in [-0.15, -0.1) is 12.3 Å². The monoisotopic (exact) mass is 108 g/mol. The molecule has 0 radical (unpaired) electrons. The van der Waals surface area contributed by atoms with Gasteiger partial charge in [-0.25, -0.2) is 0 Å². The predicted molar refractivity (Wildman–Crippen MR) is 33.5 cm³/mol.